The normalized spacial score (nSPS) is 17.7. The molecule has 0 aliphatic carbocycles. The van der Waals surface area contributed by atoms with Crippen LogP contribution >= 0.6 is 0 Å². The lowest BCUT2D eigenvalue weighted by atomic mass is 9.93. The maximum absolute atomic E-state index is 14.2. The molecule has 1 heterocycles. The molecule has 0 saturated heterocycles. The first kappa shape index (κ1) is 14.1. The van der Waals surface area contributed by atoms with Crippen LogP contribution in [-0.2, 0) is 19.5 Å². The number of para-hydroxylation sites is 1. The summed E-state index contributed by atoms with van der Waals surface area (Å²) >= 11 is 0. The maximum Gasteiger partial charge on any atom is 0.128 e. The maximum atomic E-state index is 14.2. The number of anilines is 1. The Hall–Kier alpha value is -1.87. The molecular weight excluding hydrogens is 263 g/mol. The van der Waals surface area contributed by atoms with E-state index in [2.05, 4.69) is 36.1 Å². The molecule has 0 saturated carbocycles. The molecule has 2 aromatic rings. The van der Waals surface area contributed by atoms with Crippen molar-refractivity contribution in [3.63, 3.8) is 0 Å². The van der Waals surface area contributed by atoms with Crippen molar-refractivity contribution < 1.29 is 4.39 Å². The summed E-state index contributed by atoms with van der Waals surface area (Å²) in [5, 5.41) is 0. The molecule has 1 aliphatic rings. The Morgan fingerprint density at radius 2 is 2.05 bits per heavy atom. The minimum atomic E-state index is -0.159. The van der Waals surface area contributed by atoms with Crippen molar-refractivity contribution in [2.75, 3.05) is 11.4 Å². The molecule has 3 heteroatoms. The Labute approximate surface area is 125 Å². The Balaban J connectivity index is 1.88. The van der Waals surface area contributed by atoms with Crippen LogP contribution in [-0.4, -0.2) is 6.54 Å². The molecule has 0 amide bonds. The highest BCUT2D eigenvalue weighted by Crippen LogP contribution is 2.31. The Morgan fingerprint density at radius 3 is 2.81 bits per heavy atom. The van der Waals surface area contributed by atoms with Gasteiger partial charge in [0.25, 0.3) is 0 Å². The highest BCUT2D eigenvalue weighted by Gasteiger charge is 2.22. The molecule has 21 heavy (non-hydrogen) atoms. The summed E-state index contributed by atoms with van der Waals surface area (Å²) < 4.78 is 14.2. The van der Waals surface area contributed by atoms with Gasteiger partial charge in [-0.1, -0.05) is 37.3 Å². The number of rotatable bonds is 3. The number of hydrogen-bond donors (Lipinski definition) is 1. The topological polar surface area (TPSA) is 29.3 Å². The van der Waals surface area contributed by atoms with Gasteiger partial charge in [0.15, 0.2) is 0 Å². The van der Waals surface area contributed by atoms with Gasteiger partial charge in [-0.05, 0) is 35.6 Å². The first-order valence-corrected chi connectivity index (χ1v) is 7.47. The summed E-state index contributed by atoms with van der Waals surface area (Å²) in [5.41, 5.74) is 9.72. The van der Waals surface area contributed by atoms with Gasteiger partial charge in [0.05, 0.1) is 0 Å². The molecule has 2 nitrogen and oxygen atoms in total. The SMILES string of the molecule is CC1Cc2ccccc2N(Cc2ccc(CN)cc2F)C1. The van der Waals surface area contributed by atoms with Gasteiger partial charge in [0.2, 0.25) is 0 Å². The van der Waals surface area contributed by atoms with E-state index in [1.807, 2.05) is 12.1 Å². The summed E-state index contributed by atoms with van der Waals surface area (Å²) in [6.45, 7) is 4.20. The zero-order valence-electron chi connectivity index (χ0n) is 12.3. The third-order valence-electron chi connectivity index (χ3n) is 4.15. The fourth-order valence-corrected chi connectivity index (χ4v) is 3.11. The molecule has 1 aliphatic heterocycles. The summed E-state index contributed by atoms with van der Waals surface area (Å²) in [6, 6.07) is 13.8. The van der Waals surface area contributed by atoms with Crippen LogP contribution in [0.2, 0.25) is 0 Å². The Bertz CT molecular complexity index is 639. The first-order chi connectivity index (χ1) is 10.2. The van der Waals surface area contributed by atoms with E-state index in [1.54, 1.807) is 6.07 Å². The summed E-state index contributed by atoms with van der Waals surface area (Å²) in [5.74, 6) is 0.430. The Morgan fingerprint density at radius 1 is 1.24 bits per heavy atom. The van der Waals surface area contributed by atoms with Crippen LogP contribution in [0.3, 0.4) is 0 Å². The summed E-state index contributed by atoms with van der Waals surface area (Å²) in [4.78, 5) is 2.28. The van der Waals surface area contributed by atoms with Gasteiger partial charge in [-0.15, -0.1) is 0 Å². The molecule has 2 N–H and O–H groups in total. The number of halogens is 1. The highest BCUT2D eigenvalue weighted by molar-refractivity contribution is 5.56. The molecule has 3 rings (SSSR count). The van der Waals surface area contributed by atoms with Gasteiger partial charge in [-0.3, -0.25) is 0 Å². The average Bonchev–Trinajstić information content (AvgIpc) is 2.49. The molecule has 1 unspecified atom stereocenters. The van der Waals surface area contributed by atoms with Crippen molar-refractivity contribution in [1.29, 1.82) is 0 Å². The lowest BCUT2D eigenvalue weighted by Gasteiger charge is -2.35. The van der Waals surface area contributed by atoms with Crippen molar-refractivity contribution in [1.82, 2.24) is 0 Å². The minimum absolute atomic E-state index is 0.159. The molecule has 110 valence electrons. The van der Waals surface area contributed by atoms with E-state index in [1.165, 1.54) is 11.3 Å². The van der Waals surface area contributed by atoms with Crippen LogP contribution in [0.4, 0.5) is 10.1 Å². The second-order valence-corrected chi connectivity index (χ2v) is 5.95. The number of benzene rings is 2. The van der Waals surface area contributed by atoms with Crippen LogP contribution in [0.25, 0.3) is 0 Å². The zero-order valence-corrected chi connectivity index (χ0v) is 12.3. The smallest absolute Gasteiger partial charge is 0.128 e. The van der Waals surface area contributed by atoms with Crippen LogP contribution in [0.15, 0.2) is 42.5 Å². The van der Waals surface area contributed by atoms with Gasteiger partial charge in [-0.25, -0.2) is 4.39 Å². The Kier molecular flexibility index (Phi) is 3.93. The second kappa shape index (κ2) is 5.86. The third kappa shape index (κ3) is 2.93. The van der Waals surface area contributed by atoms with Crippen LogP contribution in [0.1, 0.15) is 23.6 Å². The minimum Gasteiger partial charge on any atom is -0.367 e. The largest absolute Gasteiger partial charge is 0.367 e. The average molecular weight is 284 g/mol. The number of hydrogen-bond acceptors (Lipinski definition) is 2. The number of fused-ring (bicyclic) bond motifs is 1. The predicted molar refractivity (Wildman–Crippen MR) is 84.7 cm³/mol. The van der Waals surface area contributed by atoms with Crippen LogP contribution in [0.5, 0.6) is 0 Å². The van der Waals surface area contributed by atoms with E-state index in [4.69, 9.17) is 5.73 Å². The lowest BCUT2D eigenvalue weighted by Crippen LogP contribution is -2.34. The first-order valence-electron chi connectivity index (χ1n) is 7.47. The standard InChI is InChI=1S/C18H21FN2/c1-13-8-15-4-2-3-5-18(15)21(11-13)12-16-7-6-14(10-20)9-17(16)19/h2-7,9,13H,8,10-12,20H2,1H3. The van der Waals surface area contributed by atoms with Crippen molar-refractivity contribution in [3.05, 3.63) is 65.0 Å². The van der Waals surface area contributed by atoms with Gasteiger partial charge in [-0.2, -0.15) is 0 Å². The second-order valence-electron chi connectivity index (χ2n) is 5.95. The van der Waals surface area contributed by atoms with E-state index in [0.717, 1.165) is 24.1 Å². The molecule has 0 spiro atoms. The number of nitrogens with two attached hydrogens (primary N) is 1. The van der Waals surface area contributed by atoms with Gasteiger partial charge >= 0.3 is 0 Å². The molecule has 0 fully saturated rings. The molecule has 0 aromatic heterocycles. The fourth-order valence-electron chi connectivity index (χ4n) is 3.11. The van der Waals surface area contributed by atoms with E-state index in [0.29, 0.717) is 19.0 Å². The zero-order chi connectivity index (χ0) is 14.8. The van der Waals surface area contributed by atoms with Gasteiger partial charge in [0.1, 0.15) is 5.82 Å². The van der Waals surface area contributed by atoms with Crippen LogP contribution in [0, 0.1) is 11.7 Å². The van der Waals surface area contributed by atoms with E-state index >= 15 is 0 Å². The van der Waals surface area contributed by atoms with E-state index in [9.17, 15) is 4.39 Å². The van der Waals surface area contributed by atoms with Crippen LogP contribution < -0.4 is 10.6 Å². The van der Waals surface area contributed by atoms with Crippen molar-refractivity contribution >= 4 is 5.69 Å². The quantitative estimate of drug-likeness (QED) is 0.935. The van der Waals surface area contributed by atoms with E-state index in [-0.39, 0.29) is 5.82 Å². The lowest BCUT2D eigenvalue weighted by molar-refractivity contribution is 0.522. The molecular formula is C18H21FN2. The van der Waals surface area contributed by atoms with Crippen molar-refractivity contribution in [2.45, 2.75) is 26.4 Å². The van der Waals surface area contributed by atoms with Gasteiger partial charge in [0, 0.05) is 30.9 Å². The predicted octanol–water partition coefficient (Wildman–Crippen LogP) is 3.48. The fraction of sp³-hybridized carbons (Fsp3) is 0.333. The third-order valence-corrected chi connectivity index (χ3v) is 4.15. The summed E-state index contributed by atoms with van der Waals surface area (Å²) in [7, 11) is 0. The summed E-state index contributed by atoms with van der Waals surface area (Å²) in [6.07, 6.45) is 1.10. The van der Waals surface area contributed by atoms with Gasteiger partial charge < -0.3 is 10.6 Å². The monoisotopic (exact) mass is 284 g/mol. The molecule has 0 bridgehead atoms. The highest BCUT2D eigenvalue weighted by atomic mass is 19.1. The molecule has 0 radical (unpaired) electrons. The van der Waals surface area contributed by atoms with Crippen molar-refractivity contribution in [3.8, 4) is 0 Å². The van der Waals surface area contributed by atoms with E-state index < -0.39 is 0 Å². The number of nitrogens with zero attached hydrogens (tertiary/aromatic N) is 1. The van der Waals surface area contributed by atoms with Crippen molar-refractivity contribution in [2.24, 2.45) is 11.7 Å². The molecule has 1 atom stereocenters. The molecule has 2 aromatic carbocycles.